The molecule has 2 amide bonds. The van der Waals surface area contributed by atoms with Crippen molar-refractivity contribution in [2.24, 2.45) is 0 Å². The SMILES string of the molecule is Cc1nc(CN2C(=O)CNC(C)C2=O)cs1. The largest absolute Gasteiger partial charge is 0.298 e. The quantitative estimate of drug-likeness (QED) is 0.754. The molecular weight excluding hydrogens is 226 g/mol. The summed E-state index contributed by atoms with van der Waals surface area (Å²) in [6.07, 6.45) is 0. The molecule has 1 N–H and O–H groups in total. The Morgan fingerprint density at radius 2 is 2.38 bits per heavy atom. The van der Waals surface area contributed by atoms with Gasteiger partial charge in [-0.2, -0.15) is 0 Å². The van der Waals surface area contributed by atoms with Gasteiger partial charge in [0.05, 0.1) is 29.8 Å². The molecule has 1 aliphatic rings. The fraction of sp³-hybridized carbons (Fsp3) is 0.500. The molecule has 0 radical (unpaired) electrons. The van der Waals surface area contributed by atoms with E-state index in [1.807, 2.05) is 12.3 Å². The summed E-state index contributed by atoms with van der Waals surface area (Å²) < 4.78 is 0. The van der Waals surface area contributed by atoms with Crippen molar-refractivity contribution in [1.82, 2.24) is 15.2 Å². The molecule has 2 rings (SSSR count). The molecule has 5 nitrogen and oxygen atoms in total. The maximum Gasteiger partial charge on any atom is 0.246 e. The van der Waals surface area contributed by atoms with Gasteiger partial charge in [0, 0.05) is 5.38 Å². The first-order valence-corrected chi connectivity index (χ1v) is 5.94. The van der Waals surface area contributed by atoms with Gasteiger partial charge in [-0.15, -0.1) is 11.3 Å². The number of amides is 2. The van der Waals surface area contributed by atoms with Crippen LogP contribution in [0.15, 0.2) is 5.38 Å². The average molecular weight is 239 g/mol. The van der Waals surface area contributed by atoms with E-state index in [-0.39, 0.29) is 30.9 Å². The Morgan fingerprint density at radius 1 is 1.62 bits per heavy atom. The van der Waals surface area contributed by atoms with Crippen LogP contribution in [0.25, 0.3) is 0 Å². The number of rotatable bonds is 2. The third-order valence-electron chi connectivity index (χ3n) is 2.48. The van der Waals surface area contributed by atoms with Gasteiger partial charge in [0.1, 0.15) is 0 Å². The van der Waals surface area contributed by atoms with Crippen molar-refractivity contribution in [3.63, 3.8) is 0 Å². The first-order valence-electron chi connectivity index (χ1n) is 5.06. The van der Waals surface area contributed by atoms with Crippen LogP contribution in [-0.2, 0) is 16.1 Å². The lowest BCUT2D eigenvalue weighted by molar-refractivity contribution is -0.149. The lowest BCUT2D eigenvalue weighted by Crippen LogP contribution is -2.56. The van der Waals surface area contributed by atoms with Crippen LogP contribution in [0.1, 0.15) is 17.6 Å². The second kappa shape index (κ2) is 4.31. The molecule has 2 heterocycles. The van der Waals surface area contributed by atoms with Crippen LogP contribution in [0.5, 0.6) is 0 Å². The molecule has 1 aliphatic heterocycles. The maximum absolute atomic E-state index is 11.8. The molecular formula is C10H13N3O2S. The van der Waals surface area contributed by atoms with E-state index in [1.165, 1.54) is 16.2 Å². The molecule has 1 saturated heterocycles. The topological polar surface area (TPSA) is 62.3 Å². The Hall–Kier alpha value is -1.27. The molecule has 0 aliphatic carbocycles. The Balaban J connectivity index is 2.13. The third kappa shape index (κ3) is 2.12. The van der Waals surface area contributed by atoms with E-state index in [2.05, 4.69) is 10.3 Å². The molecule has 0 spiro atoms. The first-order chi connectivity index (χ1) is 7.58. The number of nitrogens with zero attached hydrogens (tertiary/aromatic N) is 2. The van der Waals surface area contributed by atoms with Crippen molar-refractivity contribution in [1.29, 1.82) is 0 Å². The number of hydrogen-bond acceptors (Lipinski definition) is 5. The van der Waals surface area contributed by atoms with Crippen LogP contribution >= 0.6 is 11.3 Å². The second-order valence-electron chi connectivity index (χ2n) is 3.78. The van der Waals surface area contributed by atoms with Crippen LogP contribution in [0.4, 0.5) is 0 Å². The number of aromatic nitrogens is 1. The van der Waals surface area contributed by atoms with Crippen molar-refractivity contribution < 1.29 is 9.59 Å². The van der Waals surface area contributed by atoms with Crippen molar-refractivity contribution in [3.05, 3.63) is 16.1 Å². The monoisotopic (exact) mass is 239 g/mol. The molecule has 86 valence electrons. The van der Waals surface area contributed by atoms with Crippen molar-refractivity contribution in [2.45, 2.75) is 26.4 Å². The lowest BCUT2D eigenvalue weighted by Gasteiger charge is -2.29. The van der Waals surface area contributed by atoms with Crippen molar-refractivity contribution in [3.8, 4) is 0 Å². The van der Waals surface area contributed by atoms with Crippen LogP contribution in [0.3, 0.4) is 0 Å². The van der Waals surface area contributed by atoms with Gasteiger partial charge in [0.2, 0.25) is 11.8 Å². The normalized spacial score (nSPS) is 21.6. The molecule has 16 heavy (non-hydrogen) atoms. The fourth-order valence-electron chi connectivity index (χ4n) is 1.59. The predicted octanol–water partition coefficient (Wildman–Crippen LogP) is 0.298. The van der Waals surface area contributed by atoms with Gasteiger partial charge in [-0.25, -0.2) is 4.98 Å². The van der Waals surface area contributed by atoms with Crippen molar-refractivity contribution >= 4 is 23.2 Å². The fourth-order valence-corrected chi connectivity index (χ4v) is 2.19. The number of aryl methyl sites for hydroxylation is 1. The number of carbonyl (C=O) groups is 2. The van der Waals surface area contributed by atoms with E-state index in [0.29, 0.717) is 0 Å². The number of piperazine rings is 1. The van der Waals surface area contributed by atoms with Gasteiger partial charge in [-0.05, 0) is 13.8 Å². The Bertz CT molecular complexity index is 429. The molecule has 0 bridgehead atoms. The van der Waals surface area contributed by atoms with Gasteiger partial charge in [-0.3, -0.25) is 19.8 Å². The zero-order chi connectivity index (χ0) is 11.7. The molecule has 1 fully saturated rings. The summed E-state index contributed by atoms with van der Waals surface area (Å²) in [5.41, 5.74) is 0.776. The lowest BCUT2D eigenvalue weighted by atomic mass is 10.2. The highest BCUT2D eigenvalue weighted by molar-refractivity contribution is 7.09. The van der Waals surface area contributed by atoms with Crippen LogP contribution < -0.4 is 5.32 Å². The van der Waals surface area contributed by atoms with E-state index in [1.54, 1.807) is 6.92 Å². The van der Waals surface area contributed by atoms with Crippen LogP contribution in [0, 0.1) is 6.92 Å². The van der Waals surface area contributed by atoms with Gasteiger partial charge in [-0.1, -0.05) is 0 Å². The van der Waals surface area contributed by atoms with Gasteiger partial charge in [0.25, 0.3) is 0 Å². The van der Waals surface area contributed by atoms with Gasteiger partial charge < -0.3 is 0 Å². The average Bonchev–Trinajstić information content (AvgIpc) is 2.65. The predicted molar refractivity (Wildman–Crippen MR) is 59.9 cm³/mol. The van der Waals surface area contributed by atoms with Gasteiger partial charge in [0.15, 0.2) is 0 Å². The van der Waals surface area contributed by atoms with Crippen LogP contribution in [-0.4, -0.2) is 34.3 Å². The zero-order valence-corrected chi connectivity index (χ0v) is 10.0. The zero-order valence-electron chi connectivity index (χ0n) is 9.19. The first kappa shape index (κ1) is 11.2. The number of carbonyl (C=O) groups excluding carboxylic acids is 2. The molecule has 1 aromatic rings. The molecule has 1 atom stereocenters. The van der Waals surface area contributed by atoms with E-state index in [0.717, 1.165) is 10.7 Å². The van der Waals surface area contributed by atoms with E-state index in [9.17, 15) is 9.59 Å². The number of thiazole rings is 1. The molecule has 1 aromatic heterocycles. The third-order valence-corrected chi connectivity index (χ3v) is 3.31. The second-order valence-corrected chi connectivity index (χ2v) is 4.84. The summed E-state index contributed by atoms with van der Waals surface area (Å²) in [4.78, 5) is 28.9. The number of imide groups is 1. The minimum Gasteiger partial charge on any atom is -0.298 e. The Morgan fingerprint density at radius 3 is 3.00 bits per heavy atom. The highest BCUT2D eigenvalue weighted by Gasteiger charge is 2.31. The Labute approximate surface area is 97.5 Å². The minimum atomic E-state index is -0.294. The smallest absolute Gasteiger partial charge is 0.246 e. The molecule has 0 aromatic carbocycles. The van der Waals surface area contributed by atoms with Crippen molar-refractivity contribution in [2.75, 3.05) is 6.54 Å². The van der Waals surface area contributed by atoms with Crippen LogP contribution in [0.2, 0.25) is 0 Å². The summed E-state index contributed by atoms with van der Waals surface area (Å²) in [5, 5.41) is 5.66. The molecule has 1 unspecified atom stereocenters. The van der Waals surface area contributed by atoms with Gasteiger partial charge >= 0.3 is 0 Å². The molecule has 0 saturated carbocycles. The summed E-state index contributed by atoms with van der Waals surface area (Å²) in [6.45, 7) is 4.16. The standard InChI is InChI=1S/C10H13N3O2S/c1-6-10(15)13(9(14)3-11-6)4-8-5-16-7(2)12-8/h5-6,11H,3-4H2,1-2H3. The summed E-state index contributed by atoms with van der Waals surface area (Å²) in [6, 6.07) is -0.294. The van der Waals surface area contributed by atoms with E-state index < -0.39 is 0 Å². The van der Waals surface area contributed by atoms with E-state index in [4.69, 9.17) is 0 Å². The summed E-state index contributed by atoms with van der Waals surface area (Å²) in [7, 11) is 0. The number of nitrogens with one attached hydrogen (secondary N) is 1. The molecule has 6 heteroatoms. The Kier molecular flexibility index (Phi) is 3.02. The highest BCUT2D eigenvalue weighted by Crippen LogP contribution is 2.12. The number of hydrogen-bond donors (Lipinski definition) is 1. The van der Waals surface area contributed by atoms with E-state index >= 15 is 0 Å². The maximum atomic E-state index is 11.8. The highest BCUT2D eigenvalue weighted by atomic mass is 32.1. The minimum absolute atomic E-state index is 0.179. The summed E-state index contributed by atoms with van der Waals surface area (Å²) in [5.74, 6) is -0.365. The summed E-state index contributed by atoms with van der Waals surface area (Å²) >= 11 is 1.52.